The third kappa shape index (κ3) is 4.29. The largest absolute Gasteiger partial charge is 0.350 e. The molecule has 0 radical (unpaired) electrons. The van der Waals surface area contributed by atoms with Gasteiger partial charge in [0.2, 0.25) is 5.82 Å². The van der Waals surface area contributed by atoms with Gasteiger partial charge >= 0.3 is 0 Å². The molecule has 1 saturated carbocycles. The molecule has 0 saturated heterocycles. The first-order valence-electron chi connectivity index (χ1n) is 9.92. The number of aromatic nitrogens is 2. The maximum absolute atomic E-state index is 13.0. The van der Waals surface area contributed by atoms with E-state index in [0.717, 1.165) is 31.2 Å². The number of carbonyl (C=O) groups excluding carboxylic acids is 2. The van der Waals surface area contributed by atoms with Gasteiger partial charge in [0.15, 0.2) is 5.69 Å². The highest BCUT2D eigenvalue weighted by Gasteiger charge is 2.24. The van der Waals surface area contributed by atoms with Crippen molar-refractivity contribution >= 4 is 17.3 Å². The minimum absolute atomic E-state index is 0.173. The molecule has 0 unspecified atom stereocenters. The molecule has 4 rings (SSSR count). The highest BCUT2D eigenvalue weighted by atomic mass is 19.1. The molecule has 29 heavy (non-hydrogen) atoms. The normalized spacial score (nSPS) is 14.2. The Hall–Kier alpha value is -3.22. The number of carbonyl (C=O) groups is 2. The van der Waals surface area contributed by atoms with E-state index in [2.05, 4.69) is 15.6 Å². The lowest BCUT2D eigenvalue weighted by atomic mass is 10.1. The summed E-state index contributed by atoms with van der Waals surface area (Å²) >= 11 is 0. The minimum Gasteiger partial charge on any atom is -0.350 e. The molecule has 6 nitrogen and oxygen atoms in total. The molecule has 0 atom stereocenters. The van der Waals surface area contributed by atoms with Gasteiger partial charge in [0, 0.05) is 18.8 Å². The van der Waals surface area contributed by atoms with Gasteiger partial charge in [-0.15, -0.1) is 0 Å². The Bertz CT molecular complexity index is 1020. The summed E-state index contributed by atoms with van der Waals surface area (Å²) in [6.07, 6.45) is 6.51. The molecule has 1 aliphatic rings. The van der Waals surface area contributed by atoms with Crippen molar-refractivity contribution < 1.29 is 14.0 Å². The summed E-state index contributed by atoms with van der Waals surface area (Å²) < 4.78 is 14.6. The first kappa shape index (κ1) is 19.1. The number of rotatable bonds is 6. The summed E-state index contributed by atoms with van der Waals surface area (Å²) in [7, 11) is 0. The van der Waals surface area contributed by atoms with Crippen molar-refractivity contribution in [1.29, 1.82) is 0 Å². The SMILES string of the molecule is O=C(NCCc1ccc(F)cc1)c1nc(C(=O)NC2CCCC2)n2ccccc12. The van der Waals surface area contributed by atoms with Crippen molar-refractivity contribution in [1.82, 2.24) is 20.0 Å². The van der Waals surface area contributed by atoms with Crippen LogP contribution in [0.4, 0.5) is 4.39 Å². The van der Waals surface area contributed by atoms with Gasteiger partial charge < -0.3 is 10.6 Å². The standard InChI is InChI=1S/C22H23FN4O2/c23-16-10-8-15(9-11-16)12-13-24-21(28)19-18-7-3-4-14-27(18)20(26-19)22(29)25-17-5-1-2-6-17/h3-4,7-11,14,17H,1-2,5-6,12-13H2,(H,24,28)(H,25,29). The second-order valence-corrected chi connectivity index (χ2v) is 7.33. The van der Waals surface area contributed by atoms with Gasteiger partial charge in [-0.1, -0.05) is 31.0 Å². The van der Waals surface area contributed by atoms with Crippen molar-refractivity contribution in [2.75, 3.05) is 6.54 Å². The number of nitrogens with one attached hydrogen (secondary N) is 2. The van der Waals surface area contributed by atoms with Crippen LogP contribution in [0.15, 0.2) is 48.7 Å². The second-order valence-electron chi connectivity index (χ2n) is 7.33. The molecule has 2 amide bonds. The molecular weight excluding hydrogens is 371 g/mol. The van der Waals surface area contributed by atoms with E-state index in [4.69, 9.17) is 0 Å². The predicted octanol–water partition coefficient (Wildman–Crippen LogP) is 3.12. The van der Waals surface area contributed by atoms with Crippen LogP contribution in [0.3, 0.4) is 0 Å². The summed E-state index contributed by atoms with van der Waals surface area (Å²) in [4.78, 5) is 29.8. The van der Waals surface area contributed by atoms with Crippen molar-refractivity contribution in [2.24, 2.45) is 0 Å². The summed E-state index contributed by atoms with van der Waals surface area (Å²) in [6, 6.07) is 11.7. The Balaban J connectivity index is 1.48. The minimum atomic E-state index is -0.337. The second kappa shape index (κ2) is 8.43. The van der Waals surface area contributed by atoms with Crippen LogP contribution >= 0.6 is 0 Å². The van der Waals surface area contributed by atoms with Crippen LogP contribution in [0, 0.1) is 5.82 Å². The van der Waals surface area contributed by atoms with E-state index in [1.807, 2.05) is 6.07 Å². The summed E-state index contributed by atoms with van der Waals surface area (Å²) in [5.41, 5.74) is 1.74. The molecule has 0 spiro atoms. The Morgan fingerprint density at radius 2 is 1.83 bits per heavy atom. The first-order chi connectivity index (χ1) is 14.1. The van der Waals surface area contributed by atoms with Crippen LogP contribution < -0.4 is 10.6 Å². The van der Waals surface area contributed by atoms with Gasteiger partial charge in [0.25, 0.3) is 11.8 Å². The van der Waals surface area contributed by atoms with E-state index in [1.54, 1.807) is 34.9 Å². The molecule has 3 aromatic rings. The molecule has 2 heterocycles. The molecule has 1 aliphatic carbocycles. The Labute approximate surface area is 168 Å². The number of nitrogens with zero attached hydrogens (tertiary/aromatic N) is 2. The Kier molecular flexibility index (Phi) is 5.55. The zero-order valence-corrected chi connectivity index (χ0v) is 16.0. The van der Waals surface area contributed by atoms with Crippen molar-refractivity contribution in [3.05, 3.63) is 71.6 Å². The average Bonchev–Trinajstić information content (AvgIpc) is 3.37. The Morgan fingerprint density at radius 3 is 2.59 bits per heavy atom. The predicted molar refractivity (Wildman–Crippen MR) is 107 cm³/mol. The molecular formula is C22H23FN4O2. The topological polar surface area (TPSA) is 75.5 Å². The molecule has 0 aliphatic heterocycles. The smallest absolute Gasteiger partial charge is 0.287 e. The first-order valence-corrected chi connectivity index (χ1v) is 9.92. The molecule has 150 valence electrons. The van der Waals surface area contributed by atoms with E-state index in [9.17, 15) is 14.0 Å². The number of imidazole rings is 1. The van der Waals surface area contributed by atoms with E-state index in [1.165, 1.54) is 12.1 Å². The lowest BCUT2D eigenvalue weighted by Crippen LogP contribution is -2.34. The van der Waals surface area contributed by atoms with E-state index in [-0.39, 0.29) is 35.2 Å². The number of pyridine rings is 1. The van der Waals surface area contributed by atoms with Gasteiger partial charge in [0.1, 0.15) is 5.82 Å². The number of amides is 2. The van der Waals surface area contributed by atoms with Crippen LogP contribution in [0.25, 0.3) is 5.52 Å². The van der Waals surface area contributed by atoms with Crippen LogP contribution in [-0.2, 0) is 6.42 Å². The number of hydrogen-bond donors (Lipinski definition) is 2. The summed E-state index contributed by atoms with van der Waals surface area (Å²) in [6.45, 7) is 0.389. The maximum Gasteiger partial charge on any atom is 0.287 e. The number of hydrogen-bond acceptors (Lipinski definition) is 3. The number of fused-ring (bicyclic) bond motifs is 1. The van der Waals surface area contributed by atoms with Gasteiger partial charge in [-0.05, 0) is 49.1 Å². The number of halogens is 1. The lowest BCUT2D eigenvalue weighted by Gasteiger charge is -2.10. The van der Waals surface area contributed by atoms with Crippen molar-refractivity contribution in [3.63, 3.8) is 0 Å². The average molecular weight is 394 g/mol. The highest BCUT2D eigenvalue weighted by molar-refractivity contribution is 6.02. The molecule has 1 aromatic carbocycles. The molecule has 0 bridgehead atoms. The van der Waals surface area contributed by atoms with Crippen LogP contribution in [0.1, 0.15) is 52.4 Å². The number of benzene rings is 1. The van der Waals surface area contributed by atoms with Gasteiger partial charge in [-0.25, -0.2) is 9.37 Å². The maximum atomic E-state index is 13.0. The van der Waals surface area contributed by atoms with Gasteiger partial charge in [0.05, 0.1) is 5.52 Å². The van der Waals surface area contributed by atoms with Crippen molar-refractivity contribution in [3.8, 4) is 0 Å². The van der Waals surface area contributed by atoms with Crippen molar-refractivity contribution in [2.45, 2.75) is 38.1 Å². The molecule has 2 aromatic heterocycles. The van der Waals surface area contributed by atoms with Gasteiger partial charge in [-0.3, -0.25) is 14.0 Å². The van der Waals surface area contributed by atoms with Crippen LogP contribution in [-0.4, -0.2) is 33.8 Å². The molecule has 1 fully saturated rings. The third-order valence-electron chi connectivity index (χ3n) is 5.27. The molecule has 2 N–H and O–H groups in total. The quantitative estimate of drug-likeness (QED) is 0.675. The van der Waals surface area contributed by atoms with Crippen LogP contribution in [0.5, 0.6) is 0 Å². The summed E-state index contributed by atoms with van der Waals surface area (Å²) in [5.74, 6) is -0.666. The fourth-order valence-electron chi connectivity index (χ4n) is 3.74. The summed E-state index contributed by atoms with van der Waals surface area (Å²) in [5, 5.41) is 5.86. The molecule has 7 heteroatoms. The lowest BCUT2D eigenvalue weighted by molar-refractivity contribution is 0.0926. The van der Waals surface area contributed by atoms with E-state index < -0.39 is 0 Å². The zero-order valence-electron chi connectivity index (χ0n) is 16.0. The van der Waals surface area contributed by atoms with Crippen LogP contribution in [0.2, 0.25) is 0 Å². The Morgan fingerprint density at radius 1 is 1.07 bits per heavy atom. The highest BCUT2D eigenvalue weighted by Crippen LogP contribution is 2.19. The fourth-order valence-corrected chi connectivity index (χ4v) is 3.74. The zero-order chi connectivity index (χ0) is 20.2. The monoisotopic (exact) mass is 394 g/mol. The van der Waals surface area contributed by atoms with E-state index in [0.29, 0.717) is 18.5 Å². The fraction of sp³-hybridized carbons (Fsp3) is 0.318. The van der Waals surface area contributed by atoms with Gasteiger partial charge in [-0.2, -0.15) is 0 Å². The van der Waals surface area contributed by atoms with E-state index >= 15 is 0 Å². The third-order valence-corrected chi connectivity index (χ3v) is 5.27.